The number of aromatic nitrogens is 4. The van der Waals surface area contributed by atoms with Crippen LogP contribution in [0.4, 0.5) is 4.39 Å². The zero-order valence-corrected chi connectivity index (χ0v) is 15.8. The number of piperazine rings is 1. The average molecular weight is 403 g/mol. The van der Waals surface area contributed by atoms with Crippen LogP contribution in [0.15, 0.2) is 54.6 Å². The summed E-state index contributed by atoms with van der Waals surface area (Å²) >= 11 is 0. The van der Waals surface area contributed by atoms with Gasteiger partial charge >= 0.3 is 0 Å². The Bertz CT molecular complexity index is 935. The van der Waals surface area contributed by atoms with Crippen LogP contribution in [-0.2, 0) is 11.3 Å². The van der Waals surface area contributed by atoms with E-state index in [0.29, 0.717) is 25.5 Å². The molecule has 1 atom stereocenters. The van der Waals surface area contributed by atoms with E-state index in [1.165, 1.54) is 16.9 Å². The Morgan fingerprint density at radius 3 is 2.79 bits per heavy atom. The van der Waals surface area contributed by atoms with Gasteiger partial charge < -0.3 is 10.2 Å². The van der Waals surface area contributed by atoms with E-state index in [9.17, 15) is 9.18 Å². The fraction of sp³-hybridized carbons (Fsp3) is 0.263. The second-order valence-electron chi connectivity index (χ2n) is 6.37. The van der Waals surface area contributed by atoms with Gasteiger partial charge in [-0.15, -0.1) is 22.6 Å². The molecule has 0 aliphatic carbocycles. The third-order valence-electron chi connectivity index (χ3n) is 4.56. The second kappa shape index (κ2) is 8.90. The molecule has 0 radical (unpaired) electrons. The lowest BCUT2D eigenvalue weighted by molar-refractivity contribution is -0.135. The SMILES string of the molecule is Cl.O=C(Cn1nnc(-c2ccccc2)n1)N1CCNCC1c1cccc(F)c1. The maximum absolute atomic E-state index is 13.6. The van der Waals surface area contributed by atoms with Crippen molar-refractivity contribution in [3.63, 3.8) is 0 Å². The maximum atomic E-state index is 13.6. The molecule has 3 aromatic rings. The number of tetrazole rings is 1. The molecule has 0 bridgehead atoms. The Morgan fingerprint density at radius 1 is 1.18 bits per heavy atom. The van der Waals surface area contributed by atoms with Crippen molar-refractivity contribution in [2.45, 2.75) is 12.6 Å². The Morgan fingerprint density at radius 2 is 2.00 bits per heavy atom. The summed E-state index contributed by atoms with van der Waals surface area (Å²) in [6.45, 7) is 1.80. The number of carbonyl (C=O) groups excluding carboxylic acids is 1. The average Bonchev–Trinajstić information content (AvgIpc) is 3.17. The molecule has 2 heterocycles. The van der Waals surface area contributed by atoms with Crippen molar-refractivity contribution in [2.24, 2.45) is 0 Å². The van der Waals surface area contributed by atoms with Crippen LogP contribution in [0.25, 0.3) is 11.4 Å². The summed E-state index contributed by atoms with van der Waals surface area (Å²) in [5, 5.41) is 15.6. The van der Waals surface area contributed by atoms with Crippen LogP contribution in [0.2, 0.25) is 0 Å². The van der Waals surface area contributed by atoms with Crippen molar-refractivity contribution < 1.29 is 9.18 Å². The van der Waals surface area contributed by atoms with Gasteiger partial charge in [0.05, 0.1) is 6.04 Å². The molecule has 1 fully saturated rings. The first-order valence-electron chi connectivity index (χ1n) is 8.79. The first kappa shape index (κ1) is 19.9. The molecule has 1 aromatic heterocycles. The number of amides is 1. The van der Waals surface area contributed by atoms with E-state index in [0.717, 1.165) is 11.1 Å². The number of carbonyl (C=O) groups is 1. The molecule has 7 nitrogen and oxygen atoms in total. The van der Waals surface area contributed by atoms with E-state index in [1.807, 2.05) is 36.4 Å². The highest BCUT2D eigenvalue weighted by Crippen LogP contribution is 2.23. The number of nitrogens with zero attached hydrogens (tertiary/aromatic N) is 5. The van der Waals surface area contributed by atoms with Gasteiger partial charge in [0, 0.05) is 25.2 Å². The first-order valence-corrected chi connectivity index (χ1v) is 8.79. The van der Waals surface area contributed by atoms with Crippen LogP contribution in [0.1, 0.15) is 11.6 Å². The standard InChI is InChI=1S/C19H19FN6O.ClH/c20-16-8-4-7-15(11-16)17-12-21-9-10-25(17)18(27)13-26-23-19(22-24-26)14-5-2-1-3-6-14;/h1-8,11,17,21H,9-10,12-13H2;1H. The zero-order valence-electron chi connectivity index (χ0n) is 15.0. The van der Waals surface area contributed by atoms with Crippen LogP contribution < -0.4 is 5.32 Å². The summed E-state index contributed by atoms with van der Waals surface area (Å²) in [6.07, 6.45) is 0. The van der Waals surface area contributed by atoms with E-state index in [2.05, 4.69) is 20.7 Å². The van der Waals surface area contributed by atoms with Crippen LogP contribution in [0.5, 0.6) is 0 Å². The molecule has 1 aliphatic rings. The Labute approximate surface area is 168 Å². The Hall–Kier alpha value is -2.84. The van der Waals surface area contributed by atoms with Crippen molar-refractivity contribution >= 4 is 18.3 Å². The molecule has 4 rings (SSSR count). The normalized spacial score (nSPS) is 16.5. The van der Waals surface area contributed by atoms with Crippen molar-refractivity contribution in [3.8, 4) is 11.4 Å². The largest absolute Gasteiger partial charge is 0.331 e. The van der Waals surface area contributed by atoms with Gasteiger partial charge in [0.1, 0.15) is 12.4 Å². The quantitative estimate of drug-likeness (QED) is 0.723. The lowest BCUT2D eigenvalue weighted by Crippen LogP contribution is -2.49. The van der Waals surface area contributed by atoms with Crippen molar-refractivity contribution in [1.82, 2.24) is 30.4 Å². The van der Waals surface area contributed by atoms with E-state index in [-0.39, 0.29) is 36.7 Å². The van der Waals surface area contributed by atoms with E-state index < -0.39 is 0 Å². The molecule has 146 valence electrons. The van der Waals surface area contributed by atoms with Gasteiger partial charge in [-0.1, -0.05) is 42.5 Å². The molecule has 0 saturated carbocycles. The maximum Gasteiger partial charge on any atom is 0.246 e. The molecule has 1 aliphatic heterocycles. The van der Waals surface area contributed by atoms with Crippen molar-refractivity contribution in [2.75, 3.05) is 19.6 Å². The number of halogens is 2. The summed E-state index contributed by atoms with van der Waals surface area (Å²) < 4.78 is 13.6. The molecule has 0 spiro atoms. The van der Waals surface area contributed by atoms with E-state index >= 15 is 0 Å². The molecule has 9 heteroatoms. The van der Waals surface area contributed by atoms with Crippen LogP contribution in [-0.4, -0.2) is 50.6 Å². The minimum Gasteiger partial charge on any atom is -0.331 e. The number of nitrogens with one attached hydrogen (secondary N) is 1. The molecule has 1 saturated heterocycles. The van der Waals surface area contributed by atoms with Crippen molar-refractivity contribution in [1.29, 1.82) is 0 Å². The predicted octanol–water partition coefficient (Wildman–Crippen LogP) is 2.07. The van der Waals surface area contributed by atoms with Gasteiger partial charge in [-0.05, 0) is 22.9 Å². The number of hydrogen-bond acceptors (Lipinski definition) is 5. The summed E-state index contributed by atoms with van der Waals surface area (Å²) in [7, 11) is 0. The fourth-order valence-electron chi connectivity index (χ4n) is 3.24. The van der Waals surface area contributed by atoms with Crippen LogP contribution in [0.3, 0.4) is 0 Å². The molecule has 2 aromatic carbocycles. The van der Waals surface area contributed by atoms with Gasteiger partial charge in [-0.2, -0.15) is 4.80 Å². The highest BCUT2D eigenvalue weighted by atomic mass is 35.5. The highest BCUT2D eigenvalue weighted by Gasteiger charge is 2.28. The van der Waals surface area contributed by atoms with Gasteiger partial charge in [0.15, 0.2) is 0 Å². The third kappa shape index (κ3) is 4.35. The lowest BCUT2D eigenvalue weighted by atomic mass is 10.0. The summed E-state index contributed by atoms with van der Waals surface area (Å²) in [4.78, 5) is 15.9. The fourth-order valence-corrected chi connectivity index (χ4v) is 3.24. The Balaban J connectivity index is 0.00000225. The molecule has 1 amide bonds. The van der Waals surface area contributed by atoms with Crippen LogP contribution in [0, 0.1) is 5.82 Å². The summed E-state index contributed by atoms with van der Waals surface area (Å²) in [5.41, 5.74) is 1.61. The van der Waals surface area contributed by atoms with Gasteiger partial charge in [-0.3, -0.25) is 4.79 Å². The van der Waals surface area contributed by atoms with Crippen LogP contribution >= 0.6 is 12.4 Å². The van der Waals surface area contributed by atoms with Gasteiger partial charge in [0.2, 0.25) is 11.7 Å². The minimum absolute atomic E-state index is 0. The smallest absolute Gasteiger partial charge is 0.246 e. The lowest BCUT2D eigenvalue weighted by Gasteiger charge is -2.36. The molecule has 28 heavy (non-hydrogen) atoms. The van der Waals surface area contributed by atoms with E-state index in [1.54, 1.807) is 11.0 Å². The second-order valence-corrected chi connectivity index (χ2v) is 6.37. The summed E-state index contributed by atoms with van der Waals surface area (Å²) in [5.74, 6) is 0.0454. The molecular weight excluding hydrogens is 383 g/mol. The van der Waals surface area contributed by atoms with E-state index in [4.69, 9.17) is 0 Å². The van der Waals surface area contributed by atoms with Gasteiger partial charge in [-0.25, -0.2) is 4.39 Å². The number of hydrogen-bond donors (Lipinski definition) is 1. The molecule has 1 N–H and O–H groups in total. The number of rotatable bonds is 4. The summed E-state index contributed by atoms with van der Waals surface area (Å²) in [6, 6.07) is 15.6. The monoisotopic (exact) mass is 402 g/mol. The predicted molar refractivity (Wildman–Crippen MR) is 104 cm³/mol. The van der Waals surface area contributed by atoms with Gasteiger partial charge in [0.25, 0.3) is 0 Å². The minimum atomic E-state index is -0.309. The Kier molecular flexibility index (Phi) is 6.33. The number of benzene rings is 2. The topological polar surface area (TPSA) is 75.9 Å². The zero-order chi connectivity index (χ0) is 18.6. The first-order chi connectivity index (χ1) is 13.2. The van der Waals surface area contributed by atoms with Crippen molar-refractivity contribution in [3.05, 3.63) is 66.0 Å². The molecule has 1 unspecified atom stereocenters. The molecular formula is C19H20ClFN6O. The third-order valence-corrected chi connectivity index (χ3v) is 4.56. The highest BCUT2D eigenvalue weighted by molar-refractivity contribution is 5.85.